The van der Waals surface area contributed by atoms with Crippen LogP contribution in [0.2, 0.25) is 0 Å². The Morgan fingerprint density at radius 1 is 1.04 bits per heavy atom. The van der Waals surface area contributed by atoms with Gasteiger partial charge >= 0.3 is 11.9 Å². The van der Waals surface area contributed by atoms with Gasteiger partial charge in [-0.25, -0.2) is 9.59 Å². The van der Waals surface area contributed by atoms with Crippen LogP contribution in [0.4, 0.5) is 5.69 Å². The molecule has 0 unspecified atom stereocenters. The number of carbonyl (C=O) groups is 3. The minimum absolute atomic E-state index is 0.211. The lowest BCUT2D eigenvalue weighted by Gasteiger charge is -2.10. The van der Waals surface area contributed by atoms with Crippen molar-refractivity contribution in [1.82, 2.24) is 4.98 Å². The number of H-pyrrole nitrogens is 1. The second-order valence-corrected chi connectivity index (χ2v) is 5.98. The second-order valence-electron chi connectivity index (χ2n) is 5.98. The van der Waals surface area contributed by atoms with Crippen molar-refractivity contribution < 1.29 is 23.9 Å². The van der Waals surface area contributed by atoms with Gasteiger partial charge in [0.05, 0.1) is 12.2 Å². The molecule has 27 heavy (non-hydrogen) atoms. The minimum atomic E-state index is -0.671. The summed E-state index contributed by atoms with van der Waals surface area (Å²) in [5, 5.41) is 2.74. The number of aryl methyl sites for hydroxylation is 2. The minimum Gasteiger partial charge on any atom is -0.461 e. The fraction of sp³-hybridized carbons (Fsp3) is 0.350. The van der Waals surface area contributed by atoms with E-state index < -0.39 is 24.5 Å². The number of rotatable bonds is 7. The van der Waals surface area contributed by atoms with Crippen LogP contribution in [0.5, 0.6) is 0 Å². The van der Waals surface area contributed by atoms with Crippen molar-refractivity contribution in [3.63, 3.8) is 0 Å². The first kappa shape index (κ1) is 20.2. The van der Waals surface area contributed by atoms with E-state index >= 15 is 0 Å². The number of aromatic amines is 1. The molecule has 144 valence electrons. The predicted octanol–water partition coefficient (Wildman–Crippen LogP) is 3.17. The Morgan fingerprint density at radius 2 is 1.74 bits per heavy atom. The number of para-hydroxylation sites is 1. The normalized spacial score (nSPS) is 10.4. The van der Waals surface area contributed by atoms with Crippen LogP contribution in [0.1, 0.15) is 51.5 Å². The Balaban J connectivity index is 2.03. The van der Waals surface area contributed by atoms with Gasteiger partial charge in [0.25, 0.3) is 5.91 Å². The summed E-state index contributed by atoms with van der Waals surface area (Å²) in [5.74, 6) is -1.64. The first-order valence-electron chi connectivity index (χ1n) is 8.80. The average molecular weight is 372 g/mol. The number of anilines is 1. The van der Waals surface area contributed by atoms with Gasteiger partial charge in [-0.05, 0) is 44.4 Å². The van der Waals surface area contributed by atoms with Crippen molar-refractivity contribution in [2.75, 3.05) is 18.5 Å². The van der Waals surface area contributed by atoms with E-state index in [1.165, 1.54) is 0 Å². The van der Waals surface area contributed by atoms with Crippen molar-refractivity contribution in [3.05, 3.63) is 52.3 Å². The van der Waals surface area contributed by atoms with Crippen LogP contribution >= 0.6 is 0 Å². The number of benzene rings is 1. The van der Waals surface area contributed by atoms with Gasteiger partial charge in [0.1, 0.15) is 5.69 Å². The fourth-order valence-corrected chi connectivity index (χ4v) is 2.80. The first-order valence-corrected chi connectivity index (χ1v) is 8.80. The van der Waals surface area contributed by atoms with E-state index in [1.807, 2.05) is 25.1 Å². The van der Waals surface area contributed by atoms with Crippen molar-refractivity contribution in [1.29, 1.82) is 0 Å². The third-order valence-corrected chi connectivity index (χ3v) is 4.13. The van der Waals surface area contributed by atoms with E-state index in [-0.39, 0.29) is 17.9 Å². The van der Waals surface area contributed by atoms with Crippen LogP contribution < -0.4 is 5.32 Å². The van der Waals surface area contributed by atoms with Crippen LogP contribution in [-0.2, 0) is 20.7 Å². The van der Waals surface area contributed by atoms with E-state index in [0.29, 0.717) is 16.9 Å². The van der Waals surface area contributed by atoms with Crippen LogP contribution in [-0.4, -0.2) is 36.0 Å². The lowest BCUT2D eigenvalue weighted by Crippen LogP contribution is -2.22. The molecule has 7 heteroatoms. The zero-order chi connectivity index (χ0) is 20.0. The molecule has 1 aromatic carbocycles. The van der Waals surface area contributed by atoms with Gasteiger partial charge in [-0.3, -0.25) is 4.79 Å². The third-order valence-electron chi connectivity index (χ3n) is 4.13. The Hall–Kier alpha value is -3.09. The Kier molecular flexibility index (Phi) is 6.76. The standard InChI is InChI=1S/C20H24N2O5/c1-5-14-9-7-8-10-15(14)22-16(23)11-27-19(24)17-12(3)18(21-13(17)4)20(25)26-6-2/h7-10,21H,5-6,11H2,1-4H3,(H,22,23). The highest BCUT2D eigenvalue weighted by atomic mass is 16.5. The van der Waals surface area contributed by atoms with E-state index in [2.05, 4.69) is 10.3 Å². The van der Waals surface area contributed by atoms with Gasteiger partial charge in [0.2, 0.25) is 0 Å². The monoisotopic (exact) mass is 372 g/mol. The Bertz CT molecular complexity index is 854. The summed E-state index contributed by atoms with van der Waals surface area (Å²) >= 11 is 0. The molecule has 0 saturated carbocycles. The van der Waals surface area contributed by atoms with Gasteiger partial charge < -0.3 is 19.8 Å². The number of esters is 2. The fourth-order valence-electron chi connectivity index (χ4n) is 2.80. The summed E-state index contributed by atoms with van der Waals surface area (Å²) in [6.45, 7) is 6.79. The number of hydrogen-bond donors (Lipinski definition) is 2. The van der Waals surface area contributed by atoms with Crippen molar-refractivity contribution in [2.45, 2.75) is 34.1 Å². The van der Waals surface area contributed by atoms with E-state index in [1.54, 1.807) is 26.8 Å². The van der Waals surface area contributed by atoms with E-state index in [0.717, 1.165) is 12.0 Å². The van der Waals surface area contributed by atoms with Gasteiger partial charge in [-0.2, -0.15) is 0 Å². The molecular formula is C20H24N2O5. The number of nitrogens with one attached hydrogen (secondary N) is 2. The summed E-state index contributed by atoms with van der Waals surface area (Å²) < 4.78 is 10.1. The molecule has 2 aromatic rings. The number of amides is 1. The average Bonchev–Trinajstić information content (AvgIpc) is 2.95. The lowest BCUT2D eigenvalue weighted by atomic mass is 10.1. The van der Waals surface area contributed by atoms with Crippen molar-refractivity contribution in [2.24, 2.45) is 0 Å². The molecular weight excluding hydrogens is 348 g/mol. The van der Waals surface area contributed by atoms with Crippen LogP contribution in [0.25, 0.3) is 0 Å². The highest BCUT2D eigenvalue weighted by Gasteiger charge is 2.24. The molecule has 1 aromatic heterocycles. The summed E-state index contributed by atoms with van der Waals surface area (Å²) in [6, 6.07) is 7.44. The zero-order valence-corrected chi connectivity index (χ0v) is 16.0. The molecule has 0 radical (unpaired) electrons. The Morgan fingerprint density at radius 3 is 2.41 bits per heavy atom. The molecule has 0 aliphatic rings. The molecule has 0 fully saturated rings. The number of aromatic nitrogens is 1. The molecule has 1 amide bonds. The van der Waals surface area contributed by atoms with E-state index in [4.69, 9.17) is 9.47 Å². The maximum atomic E-state index is 12.4. The molecule has 0 spiro atoms. The van der Waals surface area contributed by atoms with Crippen LogP contribution in [0, 0.1) is 13.8 Å². The topological polar surface area (TPSA) is 97.5 Å². The van der Waals surface area contributed by atoms with Gasteiger partial charge in [0.15, 0.2) is 6.61 Å². The smallest absolute Gasteiger partial charge is 0.355 e. The molecule has 0 saturated heterocycles. The maximum Gasteiger partial charge on any atom is 0.355 e. The van der Waals surface area contributed by atoms with Crippen LogP contribution in [0.15, 0.2) is 24.3 Å². The highest BCUT2D eigenvalue weighted by Crippen LogP contribution is 2.20. The molecule has 0 aliphatic carbocycles. The SMILES string of the molecule is CCOC(=O)c1[nH]c(C)c(C(=O)OCC(=O)Nc2ccccc2CC)c1C. The Labute approximate surface area is 158 Å². The first-order chi connectivity index (χ1) is 12.9. The summed E-state index contributed by atoms with van der Waals surface area (Å²) in [4.78, 5) is 39.3. The van der Waals surface area contributed by atoms with E-state index in [9.17, 15) is 14.4 Å². The molecule has 2 N–H and O–H groups in total. The van der Waals surface area contributed by atoms with Crippen molar-refractivity contribution in [3.8, 4) is 0 Å². The highest BCUT2D eigenvalue weighted by molar-refractivity contribution is 6.00. The molecule has 2 rings (SSSR count). The number of hydrogen-bond acceptors (Lipinski definition) is 5. The lowest BCUT2D eigenvalue weighted by molar-refractivity contribution is -0.119. The zero-order valence-electron chi connectivity index (χ0n) is 16.0. The van der Waals surface area contributed by atoms with Gasteiger partial charge in [-0.1, -0.05) is 25.1 Å². The van der Waals surface area contributed by atoms with Crippen LogP contribution in [0.3, 0.4) is 0 Å². The summed E-state index contributed by atoms with van der Waals surface area (Å²) in [7, 11) is 0. The van der Waals surface area contributed by atoms with Gasteiger partial charge in [-0.15, -0.1) is 0 Å². The van der Waals surface area contributed by atoms with Gasteiger partial charge in [0, 0.05) is 11.4 Å². The number of carbonyl (C=O) groups excluding carboxylic acids is 3. The third kappa shape index (κ3) is 4.75. The molecule has 0 aliphatic heterocycles. The molecule has 0 atom stereocenters. The number of ether oxygens (including phenoxy) is 2. The largest absolute Gasteiger partial charge is 0.461 e. The quantitative estimate of drug-likeness (QED) is 0.728. The van der Waals surface area contributed by atoms with Crippen molar-refractivity contribution >= 4 is 23.5 Å². The summed E-state index contributed by atoms with van der Waals surface area (Å²) in [5.41, 5.74) is 3.06. The predicted molar refractivity (Wildman–Crippen MR) is 101 cm³/mol. The molecule has 1 heterocycles. The molecule has 7 nitrogen and oxygen atoms in total. The molecule has 0 bridgehead atoms. The maximum absolute atomic E-state index is 12.4. The summed E-state index contributed by atoms with van der Waals surface area (Å²) in [6.07, 6.45) is 0.772. The second kappa shape index (κ2) is 9.02.